The Labute approximate surface area is 302 Å². The topological polar surface area (TPSA) is 88.3 Å². The minimum atomic E-state index is -4.31. The summed E-state index contributed by atoms with van der Waals surface area (Å²) >= 11 is 0. The molecular formula is C41H47F4N3O4. The van der Waals surface area contributed by atoms with Gasteiger partial charge in [-0.05, 0) is 97.8 Å². The Hall–Kier alpha value is -4.77. The van der Waals surface area contributed by atoms with Crippen LogP contribution in [0.4, 0.5) is 23.2 Å². The summed E-state index contributed by atoms with van der Waals surface area (Å²) in [6.45, 7) is 8.44. The van der Waals surface area contributed by atoms with Crippen molar-refractivity contribution in [1.29, 1.82) is 0 Å². The van der Waals surface area contributed by atoms with E-state index in [0.717, 1.165) is 70.2 Å². The summed E-state index contributed by atoms with van der Waals surface area (Å²) in [5.74, 6) is 0.193. The second kappa shape index (κ2) is 16.7. The number of alkyl halides is 3. The number of nitrogens with two attached hydrogens (primary N) is 1. The Morgan fingerprint density at radius 2 is 1.65 bits per heavy atom. The van der Waals surface area contributed by atoms with E-state index < -0.39 is 24.0 Å². The molecule has 278 valence electrons. The number of carbonyl (C=O) groups is 1. The van der Waals surface area contributed by atoms with Gasteiger partial charge in [-0.2, -0.15) is 13.2 Å². The molecule has 4 aromatic rings. The third kappa shape index (κ3) is 8.63. The molecule has 2 heterocycles. The van der Waals surface area contributed by atoms with Gasteiger partial charge in [-0.3, -0.25) is 9.69 Å². The van der Waals surface area contributed by atoms with Crippen LogP contribution in [0, 0.1) is 12.7 Å². The zero-order chi connectivity index (χ0) is 37.6. The fraction of sp³-hybridized carbons (Fsp3) is 0.390. The molecule has 0 aromatic heterocycles. The summed E-state index contributed by atoms with van der Waals surface area (Å²) in [7, 11) is 3.41. The molecule has 52 heavy (non-hydrogen) atoms. The van der Waals surface area contributed by atoms with E-state index >= 15 is 0 Å². The first-order chi connectivity index (χ1) is 24.8. The second-order valence-electron chi connectivity index (χ2n) is 13.4. The van der Waals surface area contributed by atoms with Crippen molar-refractivity contribution >= 4 is 28.1 Å². The average molecular weight is 722 g/mol. The smallest absolute Gasteiger partial charge is 0.408 e. The van der Waals surface area contributed by atoms with Gasteiger partial charge in [-0.25, -0.2) is 4.39 Å². The molecule has 1 atom stereocenters. The Morgan fingerprint density at radius 1 is 0.942 bits per heavy atom. The maximum Gasteiger partial charge on any atom is 0.408 e. The molecule has 4 aromatic carbocycles. The summed E-state index contributed by atoms with van der Waals surface area (Å²) in [5.41, 5.74) is 10.6. The molecule has 0 saturated carbocycles. The summed E-state index contributed by atoms with van der Waals surface area (Å²) in [4.78, 5) is 14.8. The van der Waals surface area contributed by atoms with Gasteiger partial charge >= 0.3 is 12.1 Å². The van der Waals surface area contributed by atoms with Crippen molar-refractivity contribution in [3.63, 3.8) is 0 Å². The standard InChI is InChI=1S/C27H31NO4.C14H16F4N2/c1-31-24-14-12-20(18-28-16-4-3-5-17-28)27(32-2)26(24)23-11-7-9-21-19(13-15-25(29)30)8-6-10-22(21)23;1-8-6-10(7-11(15)13(8)9(2)19)20-5-3-4-12(20)14(16,17)18/h6-12,14H,3-5,13,15-18H2,1-2H3,(H,29,30);6-7,12H,2-5,19H2,1H3. The zero-order valence-corrected chi connectivity index (χ0v) is 30.0. The average Bonchev–Trinajstić information content (AvgIpc) is 3.62. The molecule has 0 bridgehead atoms. The second-order valence-corrected chi connectivity index (χ2v) is 13.4. The number of anilines is 1. The third-order valence-corrected chi connectivity index (χ3v) is 9.91. The van der Waals surface area contributed by atoms with Crippen LogP contribution in [-0.4, -0.2) is 62.0 Å². The van der Waals surface area contributed by atoms with Gasteiger partial charge in [-0.15, -0.1) is 0 Å². The number of fused-ring (bicyclic) bond motifs is 1. The Balaban J connectivity index is 0.000000225. The van der Waals surface area contributed by atoms with Crippen LogP contribution in [0.15, 0.2) is 67.2 Å². The molecule has 2 fully saturated rings. The highest BCUT2D eigenvalue weighted by molar-refractivity contribution is 6.01. The van der Waals surface area contributed by atoms with E-state index in [1.807, 2.05) is 24.3 Å². The molecule has 0 spiro atoms. The van der Waals surface area contributed by atoms with Crippen molar-refractivity contribution < 1.29 is 36.9 Å². The third-order valence-electron chi connectivity index (χ3n) is 9.91. The normalized spacial score (nSPS) is 16.4. The molecule has 0 aliphatic carbocycles. The minimum Gasteiger partial charge on any atom is -0.496 e. The number of benzene rings is 4. The van der Waals surface area contributed by atoms with Crippen LogP contribution in [-0.2, 0) is 17.8 Å². The lowest BCUT2D eigenvalue weighted by Gasteiger charge is -2.29. The van der Waals surface area contributed by atoms with Crippen LogP contribution in [0.25, 0.3) is 27.6 Å². The lowest BCUT2D eigenvalue weighted by Crippen LogP contribution is -2.41. The molecule has 11 heteroatoms. The predicted molar refractivity (Wildman–Crippen MR) is 198 cm³/mol. The Kier molecular flexibility index (Phi) is 12.4. The summed E-state index contributed by atoms with van der Waals surface area (Å²) in [6.07, 6.45) is 0.576. The van der Waals surface area contributed by atoms with Crippen molar-refractivity contribution in [3.8, 4) is 22.6 Å². The van der Waals surface area contributed by atoms with Gasteiger partial charge < -0.3 is 25.2 Å². The van der Waals surface area contributed by atoms with Gasteiger partial charge in [0.05, 0.1) is 19.8 Å². The van der Waals surface area contributed by atoms with Gasteiger partial charge in [0.2, 0.25) is 0 Å². The largest absolute Gasteiger partial charge is 0.496 e. The van der Waals surface area contributed by atoms with E-state index in [4.69, 9.17) is 20.3 Å². The first-order valence-electron chi connectivity index (χ1n) is 17.6. The number of aliphatic carboxylic acids is 1. The van der Waals surface area contributed by atoms with E-state index in [0.29, 0.717) is 18.4 Å². The molecule has 2 saturated heterocycles. The summed E-state index contributed by atoms with van der Waals surface area (Å²) in [5, 5.41) is 11.3. The van der Waals surface area contributed by atoms with E-state index in [1.54, 1.807) is 21.1 Å². The van der Waals surface area contributed by atoms with Crippen molar-refractivity contribution in [1.82, 2.24) is 4.90 Å². The predicted octanol–water partition coefficient (Wildman–Crippen LogP) is 9.12. The first kappa shape index (κ1) is 38.5. The molecular weight excluding hydrogens is 674 g/mol. The van der Waals surface area contributed by atoms with E-state index in [-0.39, 0.29) is 36.3 Å². The molecule has 2 aliphatic rings. The highest BCUT2D eigenvalue weighted by Gasteiger charge is 2.46. The lowest BCUT2D eigenvalue weighted by atomic mass is 9.92. The number of nitrogens with zero attached hydrogens (tertiary/aromatic N) is 2. The minimum absolute atomic E-state index is 0.0372. The SMILES string of the molecule is C=C(N)c1c(C)cc(N2CCCC2C(F)(F)F)cc1F.COc1ccc(CN2CCCCC2)c(OC)c1-c1cccc2c(CCC(=O)O)cccc12. The van der Waals surface area contributed by atoms with E-state index in [1.165, 1.54) is 30.2 Å². The summed E-state index contributed by atoms with van der Waals surface area (Å²) in [6, 6.07) is 17.5. The van der Waals surface area contributed by atoms with E-state index in [9.17, 15) is 22.4 Å². The number of rotatable bonds is 10. The number of hydrogen-bond acceptors (Lipinski definition) is 6. The van der Waals surface area contributed by atoms with Gasteiger partial charge in [0, 0.05) is 42.0 Å². The molecule has 7 nitrogen and oxygen atoms in total. The van der Waals surface area contributed by atoms with Crippen LogP contribution >= 0.6 is 0 Å². The number of carboxylic acid groups (broad SMARTS) is 1. The van der Waals surface area contributed by atoms with Crippen molar-refractivity contribution in [2.24, 2.45) is 5.73 Å². The summed E-state index contributed by atoms with van der Waals surface area (Å²) < 4.78 is 64.6. The fourth-order valence-electron chi connectivity index (χ4n) is 7.52. The lowest BCUT2D eigenvalue weighted by molar-refractivity contribution is -0.146. The van der Waals surface area contributed by atoms with Crippen molar-refractivity contribution in [2.75, 3.05) is 38.8 Å². The fourth-order valence-corrected chi connectivity index (χ4v) is 7.52. The molecule has 2 aliphatic heterocycles. The quantitative estimate of drug-likeness (QED) is 0.158. The van der Waals surface area contributed by atoms with Crippen LogP contribution in [0.1, 0.15) is 60.8 Å². The highest BCUT2D eigenvalue weighted by atomic mass is 19.4. The number of halogens is 4. The van der Waals surface area contributed by atoms with Crippen LogP contribution in [0.3, 0.4) is 0 Å². The Bertz CT molecular complexity index is 1880. The van der Waals surface area contributed by atoms with Gasteiger partial charge in [-0.1, -0.05) is 55.5 Å². The molecule has 0 radical (unpaired) electrons. The monoisotopic (exact) mass is 721 g/mol. The molecule has 6 rings (SSSR count). The van der Waals surface area contributed by atoms with Crippen LogP contribution < -0.4 is 20.1 Å². The van der Waals surface area contributed by atoms with Crippen molar-refractivity contribution in [2.45, 2.75) is 70.6 Å². The number of methoxy groups -OCH3 is 2. The van der Waals surface area contributed by atoms with Crippen LogP contribution in [0.5, 0.6) is 11.5 Å². The number of hydrogen-bond donors (Lipinski definition) is 2. The van der Waals surface area contributed by atoms with Gasteiger partial charge in [0.25, 0.3) is 0 Å². The molecule has 1 unspecified atom stereocenters. The number of likely N-dealkylation sites (tertiary alicyclic amines) is 1. The van der Waals surface area contributed by atoms with Gasteiger partial charge in [0.1, 0.15) is 23.4 Å². The zero-order valence-electron chi connectivity index (χ0n) is 30.0. The van der Waals surface area contributed by atoms with Crippen LogP contribution in [0.2, 0.25) is 0 Å². The highest BCUT2D eigenvalue weighted by Crippen LogP contribution is 2.44. The van der Waals surface area contributed by atoms with E-state index in [2.05, 4.69) is 35.7 Å². The van der Waals surface area contributed by atoms with Gasteiger partial charge in [0.15, 0.2) is 0 Å². The van der Waals surface area contributed by atoms with Crippen molar-refractivity contribution in [3.05, 3.63) is 95.3 Å². The first-order valence-corrected chi connectivity index (χ1v) is 17.6. The number of carboxylic acids is 1. The maximum absolute atomic E-state index is 14.0. The maximum atomic E-state index is 14.0. The number of ether oxygens (including phenoxy) is 2. The number of aryl methyl sites for hydroxylation is 2. The molecule has 0 amide bonds. The molecule has 3 N–H and O–H groups in total. The Morgan fingerprint density at radius 3 is 2.29 bits per heavy atom. The number of piperidine rings is 1.